The summed E-state index contributed by atoms with van der Waals surface area (Å²) in [5.74, 6) is 0.0328. The second-order valence-electron chi connectivity index (χ2n) is 5.26. The predicted molar refractivity (Wildman–Crippen MR) is 84.6 cm³/mol. The Kier molecular flexibility index (Phi) is 4.20. The second kappa shape index (κ2) is 6.27. The summed E-state index contributed by atoms with van der Waals surface area (Å²) >= 11 is 1.35. The second-order valence-corrected chi connectivity index (χ2v) is 6.14. The normalized spacial score (nSPS) is 18.3. The van der Waals surface area contributed by atoms with Crippen molar-refractivity contribution in [3.8, 4) is 0 Å². The van der Waals surface area contributed by atoms with Gasteiger partial charge in [-0.25, -0.2) is 0 Å². The van der Waals surface area contributed by atoms with Crippen LogP contribution >= 0.6 is 11.3 Å². The van der Waals surface area contributed by atoms with E-state index in [1.807, 2.05) is 40.1 Å². The number of carbonyl (C=O) groups is 2. The number of amides is 2. The quantitative estimate of drug-likeness (QED) is 0.853. The number of nitrogens with zero attached hydrogens (tertiary/aromatic N) is 3. The van der Waals surface area contributed by atoms with E-state index >= 15 is 0 Å². The van der Waals surface area contributed by atoms with Gasteiger partial charge in [0.25, 0.3) is 5.91 Å². The van der Waals surface area contributed by atoms with Crippen molar-refractivity contribution < 1.29 is 9.59 Å². The molecule has 22 heavy (non-hydrogen) atoms. The molecule has 1 aliphatic rings. The van der Waals surface area contributed by atoms with Gasteiger partial charge in [-0.05, 0) is 5.56 Å². The van der Waals surface area contributed by atoms with Crippen molar-refractivity contribution in [2.45, 2.75) is 13.0 Å². The van der Waals surface area contributed by atoms with Crippen LogP contribution in [0.4, 0.5) is 0 Å². The number of aromatic nitrogens is 1. The highest BCUT2D eigenvalue weighted by atomic mass is 32.1. The molecule has 1 fully saturated rings. The van der Waals surface area contributed by atoms with Crippen LogP contribution in [0, 0.1) is 0 Å². The average Bonchev–Trinajstić information content (AvgIpc) is 3.09. The highest BCUT2D eigenvalue weighted by Gasteiger charge is 2.32. The third kappa shape index (κ3) is 2.87. The standard InChI is InChI=1S/C16H17N3O2S/c1-12(20)19-8-7-18(16(21)15-9-17-11-22-15)10-14(19)13-5-3-2-4-6-13/h2-6,9,11,14H,7-8,10H2,1H3. The average molecular weight is 315 g/mol. The maximum atomic E-state index is 12.5. The Bertz CT molecular complexity index is 657. The Morgan fingerprint density at radius 1 is 1.23 bits per heavy atom. The minimum Gasteiger partial charge on any atom is -0.334 e. The van der Waals surface area contributed by atoms with Gasteiger partial charge in [-0.15, -0.1) is 11.3 Å². The molecule has 0 aliphatic carbocycles. The zero-order chi connectivity index (χ0) is 15.5. The van der Waals surface area contributed by atoms with Gasteiger partial charge in [0, 0.05) is 26.6 Å². The van der Waals surface area contributed by atoms with Gasteiger partial charge in [-0.3, -0.25) is 14.6 Å². The minimum absolute atomic E-state index is 0.00775. The van der Waals surface area contributed by atoms with E-state index in [0.717, 1.165) is 5.56 Å². The summed E-state index contributed by atoms with van der Waals surface area (Å²) in [6.07, 6.45) is 1.60. The van der Waals surface area contributed by atoms with Gasteiger partial charge in [0.05, 0.1) is 17.7 Å². The molecule has 1 aliphatic heterocycles. The van der Waals surface area contributed by atoms with Gasteiger partial charge in [0.15, 0.2) is 0 Å². The Labute approximate surface area is 133 Å². The molecular formula is C16H17N3O2S. The molecule has 6 heteroatoms. The fourth-order valence-electron chi connectivity index (χ4n) is 2.78. The smallest absolute Gasteiger partial charge is 0.265 e. The van der Waals surface area contributed by atoms with Gasteiger partial charge < -0.3 is 9.80 Å². The Morgan fingerprint density at radius 3 is 2.64 bits per heavy atom. The van der Waals surface area contributed by atoms with Crippen molar-refractivity contribution >= 4 is 23.2 Å². The maximum Gasteiger partial charge on any atom is 0.265 e. The van der Waals surface area contributed by atoms with Crippen molar-refractivity contribution in [1.82, 2.24) is 14.8 Å². The van der Waals surface area contributed by atoms with Crippen molar-refractivity contribution in [2.75, 3.05) is 19.6 Å². The molecule has 0 spiro atoms. The molecule has 1 unspecified atom stereocenters. The largest absolute Gasteiger partial charge is 0.334 e. The molecule has 1 aromatic heterocycles. The lowest BCUT2D eigenvalue weighted by atomic mass is 10.0. The third-order valence-electron chi connectivity index (χ3n) is 3.90. The van der Waals surface area contributed by atoms with Crippen LogP contribution in [0.5, 0.6) is 0 Å². The van der Waals surface area contributed by atoms with E-state index in [-0.39, 0.29) is 17.9 Å². The number of hydrogen-bond acceptors (Lipinski definition) is 4. The van der Waals surface area contributed by atoms with Crippen molar-refractivity contribution in [3.63, 3.8) is 0 Å². The molecule has 0 bridgehead atoms. The zero-order valence-electron chi connectivity index (χ0n) is 12.3. The molecule has 2 amide bonds. The molecule has 2 heterocycles. The number of rotatable bonds is 2. The molecule has 0 radical (unpaired) electrons. The number of hydrogen-bond donors (Lipinski definition) is 0. The number of piperazine rings is 1. The molecule has 1 atom stereocenters. The van der Waals surface area contributed by atoms with Crippen LogP contribution < -0.4 is 0 Å². The lowest BCUT2D eigenvalue weighted by Crippen LogP contribution is -2.51. The summed E-state index contributed by atoms with van der Waals surface area (Å²) in [4.78, 5) is 32.7. The number of thiazole rings is 1. The topological polar surface area (TPSA) is 53.5 Å². The lowest BCUT2D eigenvalue weighted by Gasteiger charge is -2.41. The first kappa shape index (κ1) is 14.7. The zero-order valence-corrected chi connectivity index (χ0v) is 13.1. The molecule has 0 N–H and O–H groups in total. The lowest BCUT2D eigenvalue weighted by molar-refractivity contribution is -0.133. The first-order valence-electron chi connectivity index (χ1n) is 7.16. The molecule has 114 valence electrons. The van der Waals surface area contributed by atoms with E-state index in [2.05, 4.69) is 4.98 Å². The van der Waals surface area contributed by atoms with Crippen LogP contribution in [-0.4, -0.2) is 46.2 Å². The molecule has 5 nitrogen and oxygen atoms in total. The summed E-state index contributed by atoms with van der Waals surface area (Å²) in [7, 11) is 0. The molecular weight excluding hydrogens is 298 g/mol. The van der Waals surface area contributed by atoms with Crippen LogP contribution in [0.2, 0.25) is 0 Å². The van der Waals surface area contributed by atoms with E-state index < -0.39 is 0 Å². The summed E-state index contributed by atoms with van der Waals surface area (Å²) in [6, 6.07) is 9.77. The number of carbonyl (C=O) groups excluding carboxylic acids is 2. The molecule has 0 saturated carbocycles. The van der Waals surface area contributed by atoms with E-state index in [1.165, 1.54) is 11.3 Å². The predicted octanol–water partition coefficient (Wildman–Crippen LogP) is 2.19. The van der Waals surface area contributed by atoms with Crippen LogP contribution in [0.25, 0.3) is 0 Å². The van der Waals surface area contributed by atoms with Gasteiger partial charge in [-0.1, -0.05) is 30.3 Å². The monoisotopic (exact) mass is 315 g/mol. The van der Waals surface area contributed by atoms with E-state index in [4.69, 9.17) is 0 Å². The van der Waals surface area contributed by atoms with Crippen molar-refractivity contribution in [3.05, 3.63) is 52.5 Å². The molecule has 1 aromatic carbocycles. The highest BCUT2D eigenvalue weighted by Crippen LogP contribution is 2.26. The van der Waals surface area contributed by atoms with E-state index in [0.29, 0.717) is 24.5 Å². The highest BCUT2D eigenvalue weighted by molar-refractivity contribution is 7.11. The molecule has 2 aromatic rings. The third-order valence-corrected chi connectivity index (χ3v) is 4.66. The fraction of sp³-hybridized carbons (Fsp3) is 0.312. The number of benzene rings is 1. The van der Waals surface area contributed by atoms with Gasteiger partial charge in [-0.2, -0.15) is 0 Å². The van der Waals surface area contributed by atoms with Gasteiger partial charge in [0.1, 0.15) is 4.88 Å². The fourth-order valence-corrected chi connectivity index (χ4v) is 3.37. The minimum atomic E-state index is -0.0932. The molecule has 1 saturated heterocycles. The van der Waals surface area contributed by atoms with Crippen LogP contribution in [0.3, 0.4) is 0 Å². The Morgan fingerprint density at radius 2 is 2.00 bits per heavy atom. The van der Waals surface area contributed by atoms with Crippen LogP contribution in [0.15, 0.2) is 42.0 Å². The maximum absolute atomic E-state index is 12.5. The van der Waals surface area contributed by atoms with Crippen molar-refractivity contribution in [2.24, 2.45) is 0 Å². The van der Waals surface area contributed by atoms with Crippen LogP contribution in [0.1, 0.15) is 28.2 Å². The summed E-state index contributed by atoms with van der Waals surface area (Å²) < 4.78 is 0. The van der Waals surface area contributed by atoms with E-state index in [9.17, 15) is 9.59 Å². The molecule has 3 rings (SSSR count). The van der Waals surface area contributed by atoms with E-state index in [1.54, 1.807) is 18.6 Å². The van der Waals surface area contributed by atoms with Gasteiger partial charge in [0.2, 0.25) is 5.91 Å². The SMILES string of the molecule is CC(=O)N1CCN(C(=O)c2cncs2)CC1c1ccccc1. The first-order chi connectivity index (χ1) is 10.7. The summed E-state index contributed by atoms with van der Waals surface area (Å²) in [5.41, 5.74) is 2.72. The first-order valence-corrected chi connectivity index (χ1v) is 8.04. The van der Waals surface area contributed by atoms with Crippen molar-refractivity contribution in [1.29, 1.82) is 0 Å². The Hall–Kier alpha value is -2.21. The summed E-state index contributed by atoms with van der Waals surface area (Å²) in [6.45, 7) is 3.20. The summed E-state index contributed by atoms with van der Waals surface area (Å²) in [5, 5.41) is 0. The van der Waals surface area contributed by atoms with Crippen LogP contribution in [-0.2, 0) is 4.79 Å². The van der Waals surface area contributed by atoms with Gasteiger partial charge >= 0.3 is 0 Å². The Balaban J connectivity index is 1.84.